The van der Waals surface area contributed by atoms with Gasteiger partial charge in [-0.2, -0.15) is 0 Å². The number of hydrogen-bond donors (Lipinski definition) is 1. The zero-order valence-electron chi connectivity index (χ0n) is 10.6. The Morgan fingerprint density at radius 2 is 2.18 bits per heavy atom. The third-order valence-electron chi connectivity index (χ3n) is 2.39. The Bertz CT molecular complexity index is 230. The third kappa shape index (κ3) is 6.45. The van der Waals surface area contributed by atoms with Crippen molar-refractivity contribution in [1.82, 2.24) is 4.90 Å². The van der Waals surface area contributed by atoms with Gasteiger partial charge < -0.3 is 19.4 Å². The first-order valence-corrected chi connectivity index (χ1v) is 6.00. The van der Waals surface area contributed by atoms with Crippen molar-refractivity contribution in [1.29, 1.82) is 0 Å². The summed E-state index contributed by atoms with van der Waals surface area (Å²) in [6.45, 7) is 8.12. The molecule has 1 aliphatic rings. The normalized spacial score (nSPS) is 20.1. The Kier molecular flexibility index (Phi) is 6.91. The lowest BCUT2D eigenvalue weighted by Gasteiger charge is -2.28. The van der Waals surface area contributed by atoms with Gasteiger partial charge in [0.25, 0.3) is 0 Å². The lowest BCUT2D eigenvalue weighted by molar-refractivity contribution is -0.0142. The number of morpholine rings is 1. The summed E-state index contributed by atoms with van der Waals surface area (Å²) >= 11 is 0. The summed E-state index contributed by atoms with van der Waals surface area (Å²) in [7, 11) is 0. The third-order valence-corrected chi connectivity index (χ3v) is 2.39. The van der Waals surface area contributed by atoms with Crippen LogP contribution in [0.3, 0.4) is 0 Å². The first-order chi connectivity index (χ1) is 8.22. The van der Waals surface area contributed by atoms with Gasteiger partial charge in [0, 0.05) is 26.6 Å². The molecule has 1 saturated heterocycles. The molecule has 1 aliphatic heterocycles. The van der Waals surface area contributed by atoms with E-state index in [-0.39, 0.29) is 6.61 Å². The van der Waals surface area contributed by atoms with Crippen LogP contribution >= 0.6 is 0 Å². The summed E-state index contributed by atoms with van der Waals surface area (Å²) in [5, 5.41) is 13.5. The molecule has 6 heteroatoms. The maximum absolute atomic E-state index is 9.73. The van der Waals surface area contributed by atoms with Crippen molar-refractivity contribution >= 4 is 5.90 Å². The Morgan fingerprint density at radius 1 is 1.47 bits per heavy atom. The smallest absolute Gasteiger partial charge is 0.222 e. The van der Waals surface area contributed by atoms with E-state index in [2.05, 4.69) is 10.1 Å². The van der Waals surface area contributed by atoms with Crippen LogP contribution in [0.25, 0.3) is 0 Å². The summed E-state index contributed by atoms with van der Waals surface area (Å²) in [5.74, 6) is 0.478. The minimum atomic E-state index is -0.536. The van der Waals surface area contributed by atoms with Crippen molar-refractivity contribution in [2.75, 3.05) is 46.1 Å². The molecule has 17 heavy (non-hydrogen) atoms. The van der Waals surface area contributed by atoms with Gasteiger partial charge in [-0.05, 0) is 6.92 Å². The van der Waals surface area contributed by atoms with Crippen LogP contribution in [0.4, 0.5) is 0 Å². The molecule has 0 aromatic heterocycles. The Hall–Kier alpha value is -0.850. The fourth-order valence-corrected chi connectivity index (χ4v) is 1.58. The van der Waals surface area contributed by atoms with E-state index in [1.165, 1.54) is 0 Å². The minimum absolute atomic E-state index is 0.182. The predicted molar refractivity (Wildman–Crippen MR) is 64.0 cm³/mol. The molecule has 0 aromatic carbocycles. The molecule has 100 valence electrons. The zero-order chi connectivity index (χ0) is 12.5. The largest absolute Gasteiger partial charge is 0.479 e. The lowest BCUT2D eigenvalue weighted by Crippen LogP contribution is -2.42. The summed E-state index contributed by atoms with van der Waals surface area (Å²) in [4.78, 5) is 7.16. The van der Waals surface area contributed by atoms with Crippen molar-refractivity contribution in [2.24, 2.45) is 5.16 Å². The summed E-state index contributed by atoms with van der Waals surface area (Å²) < 4.78 is 10.3. The van der Waals surface area contributed by atoms with Gasteiger partial charge in [-0.3, -0.25) is 4.90 Å². The maximum Gasteiger partial charge on any atom is 0.222 e. The molecule has 1 atom stereocenters. The fraction of sp³-hybridized carbons (Fsp3) is 0.909. The van der Waals surface area contributed by atoms with E-state index in [1.807, 2.05) is 6.92 Å². The van der Waals surface area contributed by atoms with Gasteiger partial charge in [-0.15, -0.1) is 0 Å². The van der Waals surface area contributed by atoms with Gasteiger partial charge in [0.2, 0.25) is 5.90 Å². The number of ether oxygens (including phenoxy) is 2. The summed E-state index contributed by atoms with van der Waals surface area (Å²) in [6, 6.07) is 0. The van der Waals surface area contributed by atoms with Crippen LogP contribution in [0.15, 0.2) is 5.16 Å². The Labute approximate surface area is 102 Å². The molecule has 0 aliphatic carbocycles. The molecule has 1 rings (SSSR count). The molecule has 1 unspecified atom stereocenters. The van der Waals surface area contributed by atoms with Crippen molar-refractivity contribution in [3.05, 3.63) is 0 Å². The van der Waals surface area contributed by atoms with Crippen molar-refractivity contribution in [3.8, 4) is 0 Å². The van der Waals surface area contributed by atoms with E-state index in [0.29, 0.717) is 19.0 Å². The predicted octanol–water partition coefficient (Wildman–Crippen LogP) is 0.0660. The van der Waals surface area contributed by atoms with Crippen molar-refractivity contribution in [2.45, 2.75) is 20.0 Å². The van der Waals surface area contributed by atoms with Crippen LogP contribution < -0.4 is 0 Å². The highest BCUT2D eigenvalue weighted by Crippen LogP contribution is 1.99. The van der Waals surface area contributed by atoms with Crippen LogP contribution in [0.2, 0.25) is 0 Å². The summed E-state index contributed by atoms with van der Waals surface area (Å²) in [5.41, 5.74) is 0. The molecule has 1 N–H and O–H groups in total. The lowest BCUT2D eigenvalue weighted by atomic mass is 10.3. The number of nitrogens with zero attached hydrogens (tertiary/aromatic N) is 2. The van der Waals surface area contributed by atoms with Crippen LogP contribution in [-0.4, -0.2) is 68.1 Å². The average Bonchev–Trinajstić information content (AvgIpc) is 2.30. The first kappa shape index (κ1) is 14.2. The number of β-amino-alcohol motifs (C(OH)–C–C–N with tert-alkyl or cyclic N) is 1. The van der Waals surface area contributed by atoms with Crippen molar-refractivity contribution < 1.29 is 19.4 Å². The van der Waals surface area contributed by atoms with E-state index < -0.39 is 6.10 Å². The Balaban J connectivity index is 2.11. The quantitative estimate of drug-likeness (QED) is 0.408. The maximum atomic E-state index is 9.73. The van der Waals surface area contributed by atoms with Crippen LogP contribution in [0, 0.1) is 0 Å². The van der Waals surface area contributed by atoms with Gasteiger partial charge >= 0.3 is 0 Å². The van der Waals surface area contributed by atoms with Gasteiger partial charge in [0.15, 0.2) is 0 Å². The molecule has 6 nitrogen and oxygen atoms in total. The highest BCUT2D eigenvalue weighted by molar-refractivity contribution is 5.72. The fourth-order valence-electron chi connectivity index (χ4n) is 1.58. The average molecular weight is 246 g/mol. The second-order valence-electron chi connectivity index (χ2n) is 3.91. The number of hydrogen-bond acceptors (Lipinski definition) is 6. The second kappa shape index (κ2) is 8.27. The molecule has 0 spiro atoms. The highest BCUT2D eigenvalue weighted by atomic mass is 16.7. The zero-order valence-corrected chi connectivity index (χ0v) is 10.6. The molecule has 1 heterocycles. The van der Waals surface area contributed by atoms with E-state index in [4.69, 9.17) is 14.3 Å². The van der Waals surface area contributed by atoms with Gasteiger partial charge in [-0.25, -0.2) is 0 Å². The second-order valence-corrected chi connectivity index (χ2v) is 3.91. The van der Waals surface area contributed by atoms with Gasteiger partial charge in [0.05, 0.1) is 19.8 Å². The van der Waals surface area contributed by atoms with Crippen LogP contribution in [-0.2, 0) is 14.3 Å². The molecular formula is C11H22N2O4. The van der Waals surface area contributed by atoms with Gasteiger partial charge in [0.1, 0.15) is 12.7 Å². The SMILES string of the molecule is CCO/C(C)=N/OCC(O)CN1CCOCC1. The van der Waals surface area contributed by atoms with Gasteiger partial charge in [-0.1, -0.05) is 5.16 Å². The van der Waals surface area contributed by atoms with E-state index in [1.54, 1.807) is 6.92 Å². The number of oxime groups is 1. The van der Waals surface area contributed by atoms with Crippen LogP contribution in [0.5, 0.6) is 0 Å². The van der Waals surface area contributed by atoms with Crippen LogP contribution in [0.1, 0.15) is 13.8 Å². The monoisotopic (exact) mass is 246 g/mol. The molecule has 0 radical (unpaired) electrons. The van der Waals surface area contributed by atoms with Crippen molar-refractivity contribution in [3.63, 3.8) is 0 Å². The number of aliphatic hydroxyl groups excluding tert-OH is 1. The first-order valence-electron chi connectivity index (χ1n) is 6.00. The highest BCUT2D eigenvalue weighted by Gasteiger charge is 2.15. The number of rotatable bonds is 6. The molecular weight excluding hydrogens is 224 g/mol. The molecule has 1 fully saturated rings. The molecule has 0 amide bonds. The molecule has 0 aromatic rings. The minimum Gasteiger partial charge on any atom is -0.479 e. The summed E-state index contributed by atoms with van der Waals surface area (Å²) in [6.07, 6.45) is -0.536. The van der Waals surface area contributed by atoms with E-state index in [0.717, 1.165) is 26.3 Å². The number of aliphatic hydroxyl groups is 1. The molecule has 0 bridgehead atoms. The topological polar surface area (TPSA) is 63.5 Å². The molecule has 0 saturated carbocycles. The van der Waals surface area contributed by atoms with E-state index >= 15 is 0 Å². The Morgan fingerprint density at radius 3 is 2.82 bits per heavy atom. The standard InChI is InChI=1S/C11H22N2O4/c1-3-16-10(2)12-17-9-11(14)8-13-4-6-15-7-5-13/h11,14H,3-9H2,1-2H3/b12-10+. The van der Waals surface area contributed by atoms with E-state index in [9.17, 15) is 5.11 Å².